The van der Waals surface area contributed by atoms with Crippen LogP contribution in [0.3, 0.4) is 0 Å². The van der Waals surface area contributed by atoms with Crippen LogP contribution in [-0.4, -0.2) is 18.8 Å². The van der Waals surface area contributed by atoms with E-state index in [1.54, 1.807) is 0 Å². The summed E-state index contributed by atoms with van der Waals surface area (Å²) in [6.45, 7) is 2.16. The lowest BCUT2D eigenvalue weighted by Crippen LogP contribution is -1.94. The molecule has 43 heavy (non-hydrogen) atoms. The van der Waals surface area contributed by atoms with Crippen LogP contribution in [0.2, 0.25) is 0 Å². The Kier molecular flexibility index (Phi) is 4.35. The van der Waals surface area contributed by atoms with Gasteiger partial charge in [0.05, 0.1) is 33.1 Å². The lowest BCUT2D eigenvalue weighted by Gasteiger charge is -2.13. The third kappa shape index (κ3) is 3.04. The highest BCUT2D eigenvalue weighted by Gasteiger charge is 2.17. The minimum absolute atomic E-state index is 0.990. The Morgan fingerprint density at radius 2 is 0.977 bits per heavy atom. The Labute approximate surface area is 246 Å². The highest BCUT2D eigenvalue weighted by molar-refractivity contribution is 6.16. The Bertz CT molecular complexity index is 2800. The molecule has 0 aliphatic rings. The van der Waals surface area contributed by atoms with Crippen LogP contribution < -0.4 is 0 Å². The molecule has 0 aliphatic heterocycles. The van der Waals surface area contributed by atoms with E-state index in [0.29, 0.717) is 0 Å². The highest BCUT2D eigenvalue weighted by atomic mass is 15.0. The van der Waals surface area contributed by atoms with Gasteiger partial charge >= 0.3 is 0 Å². The smallest absolute Gasteiger partial charge is 0.146 e. The molecule has 0 aliphatic carbocycles. The largest absolute Gasteiger partial charge is 0.292 e. The number of nitrogens with zero attached hydrogens (tertiary/aromatic N) is 4. The van der Waals surface area contributed by atoms with Crippen molar-refractivity contribution in [3.05, 3.63) is 133 Å². The Morgan fingerprint density at radius 1 is 0.395 bits per heavy atom. The van der Waals surface area contributed by atoms with Crippen molar-refractivity contribution in [1.29, 1.82) is 0 Å². The van der Waals surface area contributed by atoms with E-state index in [1.807, 2.05) is 0 Å². The summed E-state index contributed by atoms with van der Waals surface area (Å²) in [5.41, 5.74) is 12.2. The summed E-state index contributed by atoms with van der Waals surface area (Å²) >= 11 is 0. The van der Waals surface area contributed by atoms with Crippen LogP contribution in [0.1, 0.15) is 5.56 Å². The normalized spacial score (nSPS) is 12.3. The first-order valence-corrected chi connectivity index (χ1v) is 14.7. The molecule has 0 saturated carbocycles. The first kappa shape index (κ1) is 22.9. The lowest BCUT2D eigenvalue weighted by molar-refractivity contribution is 1.31. The molecule has 4 heterocycles. The van der Waals surface area contributed by atoms with Crippen molar-refractivity contribution in [2.45, 2.75) is 6.92 Å². The van der Waals surface area contributed by atoms with Crippen molar-refractivity contribution in [3.63, 3.8) is 0 Å². The number of aromatic nitrogens is 4. The second-order valence-electron chi connectivity index (χ2n) is 11.6. The summed E-state index contributed by atoms with van der Waals surface area (Å²) < 4.78 is 4.65. The average molecular weight is 549 g/mol. The minimum atomic E-state index is 0.990. The monoisotopic (exact) mass is 548 g/mol. The first-order chi connectivity index (χ1) is 21.2. The van der Waals surface area contributed by atoms with Crippen LogP contribution in [0.5, 0.6) is 0 Å². The van der Waals surface area contributed by atoms with Gasteiger partial charge in [0.2, 0.25) is 0 Å². The molecule has 4 heteroatoms. The third-order valence-corrected chi connectivity index (χ3v) is 9.10. The molecule has 4 nitrogen and oxygen atoms in total. The van der Waals surface area contributed by atoms with Crippen LogP contribution >= 0.6 is 0 Å². The Hall–Kier alpha value is -5.74. The summed E-state index contributed by atoms with van der Waals surface area (Å²) in [6.07, 6.45) is 0. The van der Waals surface area contributed by atoms with Gasteiger partial charge in [-0.1, -0.05) is 84.4 Å². The summed E-state index contributed by atoms with van der Waals surface area (Å²) in [5.74, 6) is 0. The number of pyridine rings is 2. The summed E-state index contributed by atoms with van der Waals surface area (Å²) in [7, 11) is 0. The number of benzene rings is 6. The fourth-order valence-corrected chi connectivity index (χ4v) is 7.14. The molecule has 200 valence electrons. The third-order valence-electron chi connectivity index (χ3n) is 9.10. The van der Waals surface area contributed by atoms with Gasteiger partial charge in [-0.15, -0.1) is 0 Å². The van der Waals surface area contributed by atoms with E-state index >= 15 is 0 Å². The number of rotatable bonds is 1. The topological polar surface area (TPSA) is 34.6 Å². The lowest BCUT2D eigenvalue weighted by atomic mass is 9.97. The zero-order valence-electron chi connectivity index (χ0n) is 23.4. The van der Waals surface area contributed by atoms with Crippen molar-refractivity contribution in [2.24, 2.45) is 0 Å². The van der Waals surface area contributed by atoms with E-state index in [0.717, 1.165) is 44.3 Å². The van der Waals surface area contributed by atoms with Crippen molar-refractivity contribution in [2.75, 3.05) is 0 Å². The van der Waals surface area contributed by atoms with Gasteiger partial charge < -0.3 is 0 Å². The molecule has 0 fully saturated rings. The standard InChI is InChI=1S/C39H24N4/c1-23-14-19-34-30(20-23)27-17-15-24(21-31(27)39-41-32-10-4-6-12-35(32)42(34)39)25-16-18-28-26-8-2-3-9-29(26)38-40-33-11-5-7-13-36(33)43(38)37(28)22-25/h2-22H,1H3. The van der Waals surface area contributed by atoms with Crippen LogP contribution in [0.15, 0.2) is 127 Å². The maximum Gasteiger partial charge on any atom is 0.146 e. The maximum absolute atomic E-state index is 5.15. The molecule has 0 atom stereocenters. The van der Waals surface area contributed by atoms with Gasteiger partial charge in [0.25, 0.3) is 0 Å². The molecule has 0 spiro atoms. The quantitative estimate of drug-likeness (QED) is 0.191. The van der Waals surface area contributed by atoms with E-state index in [-0.39, 0.29) is 0 Å². The molecule has 6 aromatic carbocycles. The maximum atomic E-state index is 5.15. The number of aryl methyl sites for hydroxylation is 1. The van der Waals surface area contributed by atoms with E-state index in [9.17, 15) is 0 Å². The van der Waals surface area contributed by atoms with Gasteiger partial charge in [-0.3, -0.25) is 8.80 Å². The SMILES string of the molecule is Cc1ccc2c(c1)c1ccc(-c3ccc4c5ccccc5c5nc6ccccc6n5c4c3)cc1c1nc3ccccc3n21. The van der Waals surface area contributed by atoms with Crippen molar-refractivity contribution < 1.29 is 0 Å². The molecule has 4 aromatic heterocycles. The van der Waals surface area contributed by atoms with Gasteiger partial charge in [0.15, 0.2) is 0 Å². The number of imidazole rings is 2. The Morgan fingerprint density at radius 3 is 1.74 bits per heavy atom. The number of fused-ring (bicyclic) bond motifs is 16. The van der Waals surface area contributed by atoms with Gasteiger partial charge in [-0.2, -0.15) is 0 Å². The zero-order chi connectivity index (χ0) is 28.2. The van der Waals surface area contributed by atoms with Crippen LogP contribution in [0.4, 0.5) is 0 Å². The summed E-state index contributed by atoms with van der Waals surface area (Å²) in [5, 5.41) is 7.23. The van der Waals surface area contributed by atoms with Crippen molar-refractivity contribution in [3.8, 4) is 11.1 Å². The molecule has 10 aromatic rings. The van der Waals surface area contributed by atoms with Gasteiger partial charge in [-0.25, -0.2) is 9.97 Å². The van der Waals surface area contributed by atoms with Gasteiger partial charge in [0, 0.05) is 21.5 Å². The molecular weight excluding hydrogens is 524 g/mol. The zero-order valence-corrected chi connectivity index (χ0v) is 23.4. The predicted octanol–water partition coefficient (Wildman–Crippen LogP) is 9.88. The molecular formula is C39H24N4. The van der Waals surface area contributed by atoms with Crippen molar-refractivity contribution >= 4 is 76.7 Å². The van der Waals surface area contributed by atoms with E-state index in [2.05, 4.69) is 143 Å². The highest BCUT2D eigenvalue weighted by Crippen LogP contribution is 2.38. The Balaban J connectivity index is 1.32. The van der Waals surface area contributed by atoms with Gasteiger partial charge in [0.1, 0.15) is 11.3 Å². The second-order valence-corrected chi connectivity index (χ2v) is 11.6. The fourth-order valence-electron chi connectivity index (χ4n) is 7.14. The van der Waals surface area contributed by atoms with Gasteiger partial charge in [-0.05, 0) is 77.4 Å². The molecule has 0 amide bonds. The molecule has 0 saturated heterocycles. The van der Waals surface area contributed by atoms with E-state index in [4.69, 9.17) is 9.97 Å². The first-order valence-electron chi connectivity index (χ1n) is 14.7. The van der Waals surface area contributed by atoms with Crippen LogP contribution in [-0.2, 0) is 0 Å². The van der Waals surface area contributed by atoms with Crippen LogP contribution in [0, 0.1) is 6.92 Å². The average Bonchev–Trinajstić information content (AvgIpc) is 3.64. The molecule has 0 bridgehead atoms. The predicted molar refractivity (Wildman–Crippen MR) is 179 cm³/mol. The molecule has 0 radical (unpaired) electrons. The second kappa shape index (κ2) is 8.17. The number of hydrogen-bond donors (Lipinski definition) is 0. The molecule has 0 N–H and O–H groups in total. The molecule has 0 unspecified atom stereocenters. The number of hydrogen-bond acceptors (Lipinski definition) is 2. The molecule has 10 rings (SSSR count). The number of para-hydroxylation sites is 4. The fraction of sp³-hybridized carbons (Fsp3) is 0.0256. The summed E-state index contributed by atoms with van der Waals surface area (Å²) in [6, 6.07) is 45.9. The van der Waals surface area contributed by atoms with E-state index in [1.165, 1.54) is 49.1 Å². The minimum Gasteiger partial charge on any atom is -0.292 e. The summed E-state index contributed by atoms with van der Waals surface area (Å²) in [4.78, 5) is 10.2. The van der Waals surface area contributed by atoms with E-state index < -0.39 is 0 Å². The van der Waals surface area contributed by atoms with Crippen LogP contribution in [0.25, 0.3) is 87.8 Å². The van der Waals surface area contributed by atoms with Crippen molar-refractivity contribution in [1.82, 2.24) is 18.8 Å².